The zero-order valence-corrected chi connectivity index (χ0v) is 12.2. The lowest BCUT2D eigenvalue weighted by atomic mass is 10.2. The zero-order valence-electron chi connectivity index (χ0n) is 11.4. The van der Waals surface area contributed by atoms with Gasteiger partial charge in [-0.05, 0) is 36.4 Å². The molecule has 0 aliphatic rings. The molecule has 0 aliphatic heterocycles. The average Bonchev–Trinajstić information content (AvgIpc) is 2.55. The van der Waals surface area contributed by atoms with Gasteiger partial charge >= 0.3 is 0 Å². The Morgan fingerprint density at radius 2 is 1.73 bits per heavy atom. The third-order valence-electron chi connectivity index (χ3n) is 3.17. The first-order chi connectivity index (χ1) is 10.6. The number of pyridine rings is 1. The SMILES string of the molecule is N#Cc1ccc(S(=O)(=O)Nc2cccc3cccnc23)cc1. The Morgan fingerprint density at radius 3 is 2.45 bits per heavy atom. The largest absolute Gasteiger partial charge is 0.277 e. The van der Waals surface area contributed by atoms with Crippen molar-refractivity contribution in [2.75, 3.05) is 4.72 Å². The third kappa shape index (κ3) is 2.62. The Balaban J connectivity index is 2.01. The third-order valence-corrected chi connectivity index (χ3v) is 4.55. The number of fused-ring (bicyclic) bond motifs is 1. The quantitative estimate of drug-likeness (QED) is 0.806. The highest BCUT2D eigenvalue weighted by Gasteiger charge is 2.15. The van der Waals surface area contributed by atoms with Crippen molar-refractivity contribution in [3.8, 4) is 6.07 Å². The number of para-hydroxylation sites is 1. The molecule has 1 N–H and O–H groups in total. The molecule has 0 saturated carbocycles. The normalized spacial score (nSPS) is 11.0. The van der Waals surface area contributed by atoms with Crippen LogP contribution in [0.15, 0.2) is 65.7 Å². The number of aromatic nitrogens is 1. The monoisotopic (exact) mass is 309 g/mol. The van der Waals surface area contributed by atoms with Crippen molar-refractivity contribution < 1.29 is 8.42 Å². The summed E-state index contributed by atoms with van der Waals surface area (Å²) in [6.07, 6.45) is 1.61. The maximum atomic E-state index is 12.4. The summed E-state index contributed by atoms with van der Waals surface area (Å²) in [5.41, 5.74) is 1.41. The van der Waals surface area contributed by atoms with Crippen LogP contribution in [-0.4, -0.2) is 13.4 Å². The van der Waals surface area contributed by atoms with Gasteiger partial charge in [-0.15, -0.1) is 0 Å². The van der Waals surface area contributed by atoms with Crippen LogP contribution in [0.2, 0.25) is 0 Å². The van der Waals surface area contributed by atoms with E-state index in [1.165, 1.54) is 24.3 Å². The summed E-state index contributed by atoms with van der Waals surface area (Å²) in [6, 6.07) is 16.6. The van der Waals surface area contributed by atoms with Crippen molar-refractivity contribution in [1.82, 2.24) is 4.98 Å². The van der Waals surface area contributed by atoms with Gasteiger partial charge in [0.1, 0.15) is 0 Å². The van der Waals surface area contributed by atoms with E-state index in [-0.39, 0.29) is 4.90 Å². The Labute approximate surface area is 127 Å². The van der Waals surface area contributed by atoms with Crippen molar-refractivity contribution in [2.24, 2.45) is 0 Å². The molecule has 2 aromatic carbocycles. The number of nitriles is 1. The van der Waals surface area contributed by atoms with Crippen LogP contribution in [0.5, 0.6) is 0 Å². The fourth-order valence-electron chi connectivity index (χ4n) is 2.10. The minimum Gasteiger partial charge on any atom is -0.277 e. The number of hydrogen-bond donors (Lipinski definition) is 1. The molecule has 0 fully saturated rings. The van der Waals surface area contributed by atoms with Crippen molar-refractivity contribution in [1.29, 1.82) is 5.26 Å². The number of nitrogens with one attached hydrogen (secondary N) is 1. The number of rotatable bonds is 3. The Kier molecular flexibility index (Phi) is 3.49. The standard InChI is InChI=1S/C16H11N3O2S/c17-11-12-6-8-14(9-7-12)22(20,21)19-15-5-1-3-13-4-2-10-18-16(13)15/h1-10,19H. The molecule has 0 saturated heterocycles. The maximum absolute atomic E-state index is 12.4. The Bertz CT molecular complexity index is 969. The predicted molar refractivity (Wildman–Crippen MR) is 83.7 cm³/mol. The molecule has 3 rings (SSSR count). The second-order valence-corrected chi connectivity index (χ2v) is 6.30. The van der Waals surface area contributed by atoms with Crippen molar-refractivity contribution in [3.05, 3.63) is 66.4 Å². The second kappa shape index (κ2) is 5.47. The minimum absolute atomic E-state index is 0.0967. The molecule has 0 unspecified atom stereocenters. The van der Waals surface area contributed by atoms with E-state index in [1.807, 2.05) is 18.2 Å². The number of sulfonamides is 1. The summed E-state index contributed by atoms with van der Waals surface area (Å²) in [5.74, 6) is 0. The van der Waals surface area contributed by atoms with Crippen molar-refractivity contribution in [3.63, 3.8) is 0 Å². The molecule has 1 aromatic heterocycles. The van der Waals surface area contributed by atoms with E-state index in [4.69, 9.17) is 5.26 Å². The van der Waals surface area contributed by atoms with Gasteiger partial charge in [0, 0.05) is 11.6 Å². The van der Waals surface area contributed by atoms with Crippen LogP contribution < -0.4 is 4.72 Å². The first-order valence-corrected chi connectivity index (χ1v) is 7.95. The van der Waals surface area contributed by atoms with Gasteiger partial charge < -0.3 is 0 Å². The Hall–Kier alpha value is -2.91. The molecule has 22 heavy (non-hydrogen) atoms. The van der Waals surface area contributed by atoms with Gasteiger partial charge in [0.15, 0.2) is 0 Å². The van der Waals surface area contributed by atoms with Gasteiger partial charge in [0.25, 0.3) is 10.0 Å². The molecular formula is C16H11N3O2S. The summed E-state index contributed by atoms with van der Waals surface area (Å²) in [5, 5.41) is 9.61. The topological polar surface area (TPSA) is 82.8 Å². The van der Waals surface area contributed by atoms with Gasteiger partial charge in [-0.2, -0.15) is 5.26 Å². The molecule has 0 atom stereocenters. The van der Waals surface area contributed by atoms with Gasteiger partial charge in [-0.1, -0.05) is 18.2 Å². The molecule has 0 spiro atoms. The van der Waals surface area contributed by atoms with E-state index in [9.17, 15) is 8.42 Å². The lowest BCUT2D eigenvalue weighted by Gasteiger charge is -2.10. The lowest BCUT2D eigenvalue weighted by Crippen LogP contribution is -2.13. The predicted octanol–water partition coefficient (Wildman–Crippen LogP) is 2.91. The summed E-state index contributed by atoms with van der Waals surface area (Å²) >= 11 is 0. The van der Waals surface area contributed by atoms with Crippen LogP contribution in [0.3, 0.4) is 0 Å². The zero-order chi connectivity index (χ0) is 15.6. The summed E-state index contributed by atoms with van der Waals surface area (Å²) in [6.45, 7) is 0. The van der Waals surface area contributed by atoms with Crippen LogP contribution in [0.1, 0.15) is 5.56 Å². The number of benzene rings is 2. The summed E-state index contributed by atoms with van der Waals surface area (Å²) in [7, 11) is -3.73. The molecule has 0 radical (unpaired) electrons. The van der Waals surface area contributed by atoms with E-state index >= 15 is 0 Å². The van der Waals surface area contributed by atoms with E-state index < -0.39 is 10.0 Å². The molecule has 1 heterocycles. The van der Waals surface area contributed by atoms with Crippen LogP contribution in [0.25, 0.3) is 10.9 Å². The molecule has 0 aliphatic carbocycles. The molecular weight excluding hydrogens is 298 g/mol. The molecule has 0 bridgehead atoms. The molecule has 0 amide bonds. The highest BCUT2D eigenvalue weighted by Crippen LogP contribution is 2.23. The number of hydrogen-bond acceptors (Lipinski definition) is 4. The second-order valence-electron chi connectivity index (χ2n) is 4.62. The number of nitrogens with zero attached hydrogens (tertiary/aromatic N) is 2. The maximum Gasteiger partial charge on any atom is 0.261 e. The molecule has 6 heteroatoms. The van der Waals surface area contributed by atoms with E-state index in [0.29, 0.717) is 16.8 Å². The number of anilines is 1. The van der Waals surface area contributed by atoms with Gasteiger partial charge in [0.05, 0.1) is 27.7 Å². The van der Waals surface area contributed by atoms with Crippen LogP contribution >= 0.6 is 0 Å². The smallest absolute Gasteiger partial charge is 0.261 e. The van der Waals surface area contributed by atoms with Crippen LogP contribution in [0, 0.1) is 11.3 Å². The minimum atomic E-state index is -3.73. The van der Waals surface area contributed by atoms with Gasteiger partial charge in [0.2, 0.25) is 0 Å². The highest BCUT2D eigenvalue weighted by molar-refractivity contribution is 7.92. The van der Waals surface area contributed by atoms with Crippen molar-refractivity contribution in [2.45, 2.75) is 4.90 Å². The van der Waals surface area contributed by atoms with Crippen molar-refractivity contribution >= 4 is 26.6 Å². The van der Waals surface area contributed by atoms with Crippen LogP contribution in [-0.2, 0) is 10.0 Å². The fraction of sp³-hybridized carbons (Fsp3) is 0. The molecule has 5 nitrogen and oxygen atoms in total. The average molecular weight is 309 g/mol. The highest BCUT2D eigenvalue weighted by atomic mass is 32.2. The fourth-order valence-corrected chi connectivity index (χ4v) is 3.17. The summed E-state index contributed by atoms with van der Waals surface area (Å²) in [4.78, 5) is 4.31. The van der Waals surface area contributed by atoms with Gasteiger partial charge in [-0.25, -0.2) is 8.42 Å². The van der Waals surface area contributed by atoms with E-state index in [0.717, 1.165) is 5.39 Å². The lowest BCUT2D eigenvalue weighted by molar-refractivity contribution is 0.601. The van der Waals surface area contributed by atoms with E-state index in [1.54, 1.807) is 24.4 Å². The van der Waals surface area contributed by atoms with E-state index in [2.05, 4.69) is 9.71 Å². The Morgan fingerprint density at radius 1 is 1.00 bits per heavy atom. The van der Waals surface area contributed by atoms with Gasteiger partial charge in [-0.3, -0.25) is 9.71 Å². The molecule has 108 valence electrons. The van der Waals surface area contributed by atoms with Crippen LogP contribution in [0.4, 0.5) is 5.69 Å². The first-order valence-electron chi connectivity index (χ1n) is 6.47. The first kappa shape index (κ1) is 14.0. The molecule has 3 aromatic rings. The summed E-state index contributed by atoms with van der Waals surface area (Å²) < 4.78 is 27.4.